The molecule has 0 aromatic heterocycles. The summed E-state index contributed by atoms with van der Waals surface area (Å²) in [6.07, 6.45) is 0.759. The lowest BCUT2D eigenvalue weighted by molar-refractivity contribution is -0.128. The van der Waals surface area contributed by atoms with Crippen LogP contribution in [-0.2, 0) is 22.4 Å². The van der Waals surface area contributed by atoms with Crippen LogP contribution >= 0.6 is 27.5 Å². The zero-order valence-corrected chi connectivity index (χ0v) is 26.7. The molecule has 0 unspecified atom stereocenters. The number of nitrogens with zero attached hydrogens (tertiary/aromatic N) is 1. The first-order chi connectivity index (χ1) is 21.4. The number of carbonyl (C=O) groups excluding carboxylic acids is 1. The number of amides is 1. The second-order valence-corrected chi connectivity index (χ2v) is 11.9. The molecule has 5 rings (SSSR count). The van der Waals surface area contributed by atoms with Crippen LogP contribution in [-0.4, -0.2) is 49.3 Å². The Morgan fingerprint density at radius 1 is 1.00 bits per heavy atom. The van der Waals surface area contributed by atoms with Crippen LogP contribution in [0.4, 0.5) is 0 Å². The van der Waals surface area contributed by atoms with E-state index in [2.05, 4.69) is 21.2 Å². The van der Waals surface area contributed by atoms with E-state index < -0.39 is 11.6 Å². The normalized spacial score (nSPS) is 17.5. The first-order valence-corrected chi connectivity index (χ1v) is 15.6. The van der Waals surface area contributed by atoms with Gasteiger partial charge in [-0.05, 0) is 83.8 Å². The summed E-state index contributed by atoms with van der Waals surface area (Å²) in [5.41, 5.74) is 2.19. The van der Waals surface area contributed by atoms with Gasteiger partial charge in [-0.3, -0.25) is 4.79 Å². The number of aliphatic hydroxyl groups is 1. The fourth-order valence-electron chi connectivity index (χ4n) is 5.12. The summed E-state index contributed by atoms with van der Waals surface area (Å²) < 4.78 is 18.8. The molecule has 44 heavy (non-hydrogen) atoms. The van der Waals surface area contributed by atoms with Crippen molar-refractivity contribution in [1.82, 2.24) is 5.32 Å². The molecule has 2 atom stereocenters. The van der Waals surface area contributed by atoms with Crippen LogP contribution in [0, 0.1) is 0 Å². The Morgan fingerprint density at radius 2 is 1.73 bits per heavy atom. The average Bonchev–Trinajstić information content (AvgIpc) is 3.44. The standard InChI is InChI=1S/C35H34BrClN2O5/c1-42-31-5-2-4-27(22-31)32-35(23-25-6-12-28(36)13-7-25,34(41)38-19-18-24-8-14-29(37)15-9-24)39-33(44-32)26-10-16-30(17-11-26)43-21-3-20-40/h2,4-17,22,32,40H,3,18-21,23H2,1H3,(H,38,41)/t32-,35-/m1/s1. The number of hydrogen-bond acceptors (Lipinski definition) is 6. The second-order valence-electron chi connectivity index (χ2n) is 10.5. The Kier molecular flexibility index (Phi) is 10.6. The molecule has 4 aromatic rings. The van der Waals surface area contributed by atoms with Gasteiger partial charge in [-0.25, -0.2) is 4.99 Å². The molecule has 0 spiro atoms. The Balaban J connectivity index is 1.52. The van der Waals surface area contributed by atoms with Crippen molar-refractivity contribution in [1.29, 1.82) is 0 Å². The maximum absolute atomic E-state index is 14.4. The van der Waals surface area contributed by atoms with Crippen molar-refractivity contribution < 1.29 is 24.1 Å². The van der Waals surface area contributed by atoms with Crippen molar-refractivity contribution in [2.24, 2.45) is 4.99 Å². The lowest BCUT2D eigenvalue weighted by Gasteiger charge is -2.31. The zero-order chi connectivity index (χ0) is 30.9. The summed E-state index contributed by atoms with van der Waals surface area (Å²) >= 11 is 9.57. The molecule has 1 amide bonds. The number of methoxy groups -OCH3 is 1. The van der Waals surface area contributed by atoms with E-state index in [-0.39, 0.29) is 12.5 Å². The van der Waals surface area contributed by atoms with Gasteiger partial charge in [-0.1, -0.05) is 63.9 Å². The van der Waals surface area contributed by atoms with Crippen LogP contribution in [0.15, 0.2) is 107 Å². The monoisotopic (exact) mass is 676 g/mol. The quantitative estimate of drug-likeness (QED) is 0.153. The maximum Gasteiger partial charge on any atom is 0.252 e. The SMILES string of the molecule is COc1cccc([C@H]2OC(c3ccc(OCCCO)cc3)=N[C@@]2(Cc2ccc(Br)cc2)C(=O)NCCc2ccc(Cl)cc2)c1. The van der Waals surface area contributed by atoms with Crippen molar-refractivity contribution in [2.45, 2.75) is 30.9 Å². The minimum Gasteiger partial charge on any atom is -0.497 e. The lowest BCUT2D eigenvalue weighted by Crippen LogP contribution is -2.50. The molecule has 0 fully saturated rings. The van der Waals surface area contributed by atoms with Crippen LogP contribution in [0.5, 0.6) is 11.5 Å². The summed E-state index contributed by atoms with van der Waals surface area (Å²) in [4.78, 5) is 19.5. The van der Waals surface area contributed by atoms with Crippen LogP contribution in [0.25, 0.3) is 0 Å². The predicted octanol–water partition coefficient (Wildman–Crippen LogP) is 6.73. The van der Waals surface area contributed by atoms with Gasteiger partial charge in [0.1, 0.15) is 11.5 Å². The summed E-state index contributed by atoms with van der Waals surface area (Å²) in [6, 6.07) is 30.4. The van der Waals surface area contributed by atoms with Gasteiger partial charge < -0.3 is 24.6 Å². The van der Waals surface area contributed by atoms with E-state index in [1.165, 1.54) is 0 Å². The Hall–Kier alpha value is -3.85. The third-order valence-electron chi connectivity index (χ3n) is 7.43. The van der Waals surface area contributed by atoms with Crippen LogP contribution in [0.3, 0.4) is 0 Å². The van der Waals surface area contributed by atoms with Gasteiger partial charge in [0.05, 0.1) is 13.7 Å². The summed E-state index contributed by atoms with van der Waals surface area (Å²) in [6.45, 7) is 0.895. The molecule has 1 aliphatic heterocycles. The average molecular weight is 678 g/mol. The number of carbonyl (C=O) groups is 1. The van der Waals surface area contributed by atoms with Gasteiger partial charge >= 0.3 is 0 Å². The Labute approximate surface area is 271 Å². The first-order valence-electron chi connectivity index (χ1n) is 14.4. The molecule has 2 N–H and O–H groups in total. The zero-order valence-electron chi connectivity index (χ0n) is 24.3. The molecule has 0 saturated heterocycles. The molecule has 0 aliphatic carbocycles. The third kappa shape index (κ3) is 7.62. The molecule has 1 aliphatic rings. The molecule has 7 nitrogen and oxygen atoms in total. The maximum atomic E-state index is 14.4. The van der Waals surface area contributed by atoms with E-state index in [0.29, 0.717) is 54.8 Å². The number of aliphatic imine (C=N–C) groups is 1. The molecule has 4 aromatic carbocycles. The largest absolute Gasteiger partial charge is 0.497 e. The van der Waals surface area contributed by atoms with E-state index in [4.69, 9.17) is 35.9 Å². The fourth-order valence-corrected chi connectivity index (χ4v) is 5.52. The van der Waals surface area contributed by atoms with Gasteiger partial charge in [0.25, 0.3) is 5.91 Å². The Bertz CT molecular complexity index is 1580. The van der Waals surface area contributed by atoms with E-state index in [0.717, 1.165) is 26.7 Å². The first kappa shape index (κ1) is 31.6. The Morgan fingerprint density at radius 3 is 2.43 bits per heavy atom. The number of benzene rings is 4. The van der Waals surface area contributed by atoms with Gasteiger partial charge in [0.15, 0.2) is 11.6 Å². The van der Waals surface area contributed by atoms with E-state index in [1.54, 1.807) is 7.11 Å². The number of aliphatic hydroxyl groups excluding tert-OH is 1. The van der Waals surface area contributed by atoms with Crippen molar-refractivity contribution in [3.8, 4) is 11.5 Å². The highest BCUT2D eigenvalue weighted by Crippen LogP contribution is 2.43. The fraction of sp³-hybridized carbons (Fsp3) is 0.257. The van der Waals surface area contributed by atoms with E-state index >= 15 is 0 Å². The van der Waals surface area contributed by atoms with Crippen LogP contribution in [0.2, 0.25) is 5.02 Å². The van der Waals surface area contributed by atoms with E-state index in [9.17, 15) is 4.79 Å². The highest BCUT2D eigenvalue weighted by molar-refractivity contribution is 9.10. The second kappa shape index (κ2) is 14.8. The van der Waals surface area contributed by atoms with Gasteiger partial charge in [-0.15, -0.1) is 0 Å². The summed E-state index contributed by atoms with van der Waals surface area (Å²) in [5, 5.41) is 12.9. The number of hydrogen-bond donors (Lipinski definition) is 2. The summed E-state index contributed by atoms with van der Waals surface area (Å²) in [7, 11) is 1.61. The van der Waals surface area contributed by atoms with Crippen molar-refractivity contribution in [2.75, 3.05) is 26.9 Å². The molecule has 9 heteroatoms. The smallest absolute Gasteiger partial charge is 0.252 e. The van der Waals surface area contributed by atoms with Gasteiger partial charge in [-0.2, -0.15) is 0 Å². The number of rotatable bonds is 13. The van der Waals surface area contributed by atoms with Crippen molar-refractivity contribution >= 4 is 39.3 Å². The van der Waals surface area contributed by atoms with Crippen LogP contribution < -0.4 is 14.8 Å². The number of nitrogens with one attached hydrogen (secondary N) is 1. The molecule has 0 radical (unpaired) electrons. The van der Waals surface area contributed by atoms with E-state index in [1.807, 2.05) is 97.1 Å². The number of ether oxygens (including phenoxy) is 3. The lowest BCUT2D eigenvalue weighted by atomic mass is 9.82. The van der Waals surface area contributed by atoms with Crippen molar-refractivity contribution in [3.05, 3.63) is 129 Å². The molecule has 0 saturated carbocycles. The van der Waals surface area contributed by atoms with Crippen LogP contribution in [0.1, 0.15) is 34.8 Å². The van der Waals surface area contributed by atoms with Crippen molar-refractivity contribution in [3.63, 3.8) is 0 Å². The highest BCUT2D eigenvalue weighted by Gasteiger charge is 2.53. The summed E-state index contributed by atoms with van der Waals surface area (Å²) in [5.74, 6) is 1.46. The third-order valence-corrected chi connectivity index (χ3v) is 8.21. The minimum absolute atomic E-state index is 0.0661. The topological polar surface area (TPSA) is 89.4 Å². The predicted molar refractivity (Wildman–Crippen MR) is 176 cm³/mol. The molecule has 228 valence electrons. The van der Waals surface area contributed by atoms with Gasteiger partial charge in [0.2, 0.25) is 5.90 Å². The molecular weight excluding hydrogens is 644 g/mol. The van der Waals surface area contributed by atoms with Gasteiger partial charge in [0, 0.05) is 41.1 Å². The minimum atomic E-state index is -1.31. The molecule has 1 heterocycles. The molecule has 0 bridgehead atoms. The molecular formula is C35H34BrClN2O5. The number of halogens is 2. The highest BCUT2D eigenvalue weighted by atomic mass is 79.9.